The predicted molar refractivity (Wildman–Crippen MR) is 78.6 cm³/mol. The van der Waals surface area contributed by atoms with E-state index < -0.39 is 21.2 Å². The van der Waals surface area contributed by atoms with Crippen molar-refractivity contribution in [1.82, 2.24) is 0 Å². The third kappa shape index (κ3) is 4.22. The molecule has 2 rings (SSSR count). The zero-order valence-electron chi connectivity index (χ0n) is 12.8. The van der Waals surface area contributed by atoms with Crippen molar-refractivity contribution in [2.24, 2.45) is 5.41 Å². The second-order valence-electron chi connectivity index (χ2n) is 6.07. The van der Waals surface area contributed by atoms with Gasteiger partial charge in [0.05, 0.1) is 6.61 Å². The van der Waals surface area contributed by atoms with Gasteiger partial charge in [0.1, 0.15) is 0 Å². The molecule has 1 aliphatic rings. The van der Waals surface area contributed by atoms with Gasteiger partial charge in [-0.25, -0.2) is 0 Å². The minimum absolute atomic E-state index is 0.0989. The van der Waals surface area contributed by atoms with Gasteiger partial charge in [-0.2, -0.15) is 0 Å². The summed E-state index contributed by atoms with van der Waals surface area (Å²) in [6.07, 6.45) is 2.06. The molecule has 0 radical (unpaired) electrons. The Hall–Kier alpha value is -1.04. The van der Waals surface area contributed by atoms with Gasteiger partial charge >= 0.3 is 21.2 Å². The van der Waals surface area contributed by atoms with Crippen LogP contribution in [0.2, 0.25) is 0 Å². The van der Waals surface area contributed by atoms with Crippen LogP contribution >= 0.6 is 0 Å². The molecule has 1 aromatic rings. The molecule has 4 heteroatoms. The van der Waals surface area contributed by atoms with Crippen LogP contribution < -0.4 is 25.9 Å². The second kappa shape index (κ2) is 6.81. The summed E-state index contributed by atoms with van der Waals surface area (Å²) in [5, 5.41) is 10.2. The number of benzene rings is 1. The summed E-state index contributed by atoms with van der Waals surface area (Å²) in [5.41, 5.74) is -0.132. The van der Waals surface area contributed by atoms with Crippen LogP contribution in [-0.4, -0.2) is 17.5 Å². The second-order valence-corrected chi connectivity index (χ2v) is 8.86. The van der Waals surface area contributed by atoms with E-state index in [1.807, 2.05) is 38.1 Å². The van der Waals surface area contributed by atoms with Gasteiger partial charge in [0.15, 0.2) is 11.5 Å². The molecule has 114 valence electrons. The van der Waals surface area contributed by atoms with E-state index in [4.69, 9.17) is 4.74 Å². The number of ketones is 1. The molecule has 0 unspecified atom stereocenters. The number of Topliss-reactive ketones (excluding diaryl/α,β-unsaturated/α-hetero) is 1. The number of allylic oxidation sites excluding steroid dienone is 2. The summed E-state index contributed by atoms with van der Waals surface area (Å²) in [7, 11) is 0. The fraction of sp³-hybridized carbons (Fsp3) is 0.471. The minimum Gasteiger partial charge on any atom is -0.507 e. The van der Waals surface area contributed by atoms with Crippen LogP contribution in [0.3, 0.4) is 0 Å². The standard InChI is InChI=1S/C17H21IO3/c1-4-9-21-15-8-6-5-7-12(15)18-16-13(19)10-17(2,3)11-14(16)20/h5-8H,4,9-11H2,1-3H3/p+1. The third-order valence-electron chi connectivity index (χ3n) is 3.28. The van der Waals surface area contributed by atoms with E-state index in [1.165, 1.54) is 0 Å². The lowest BCUT2D eigenvalue weighted by atomic mass is 9.79. The fourth-order valence-corrected chi connectivity index (χ4v) is 4.89. The first-order valence-electron chi connectivity index (χ1n) is 7.25. The van der Waals surface area contributed by atoms with Gasteiger partial charge in [0, 0.05) is 12.8 Å². The molecule has 0 saturated carbocycles. The van der Waals surface area contributed by atoms with Crippen molar-refractivity contribution < 1.29 is 35.8 Å². The van der Waals surface area contributed by atoms with Crippen molar-refractivity contribution in [1.29, 1.82) is 0 Å². The first kappa shape index (κ1) is 16.3. The Bertz CT molecular complexity index is 561. The number of para-hydroxylation sites is 1. The summed E-state index contributed by atoms with van der Waals surface area (Å²) in [6, 6.07) is 7.85. The Balaban J connectivity index is 2.24. The van der Waals surface area contributed by atoms with E-state index in [0.717, 1.165) is 15.7 Å². The van der Waals surface area contributed by atoms with Crippen LogP contribution in [0.15, 0.2) is 33.6 Å². The van der Waals surface area contributed by atoms with E-state index in [2.05, 4.69) is 6.92 Å². The maximum Gasteiger partial charge on any atom is 0.369 e. The Morgan fingerprint density at radius 3 is 2.67 bits per heavy atom. The van der Waals surface area contributed by atoms with E-state index in [0.29, 0.717) is 23.0 Å². The molecule has 1 N–H and O–H groups in total. The lowest BCUT2D eigenvalue weighted by Gasteiger charge is -2.26. The normalized spacial score (nSPS) is 18.0. The van der Waals surface area contributed by atoms with Gasteiger partial charge in [-0.3, -0.25) is 4.79 Å². The molecule has 0 heterocycles. The van der Waals surface area contributed by atoms with Gasteiger partial charge in [0.2, 0.25) is 9.35 Å². The van der Waals surface area contributed by atoms with Crippen LogP contribution in [0, 0.1) is 8.99 Å². The van der Waals surface area contributed by atoms with Gasteiger partial charge in [-0.15, -0.1) is 0 Å². The molecule has 0 bridgehead atoms. The Morgan fingerprint density at radius 1 is 1.29 bits per heavy atom. The summed E-state index contributed by atoms with van der Waals surface area (Å²) in [4.78, 5) is 12.3. The summed E-state index contributed by atoms with van der Waals surface area (Å²) in [5.74, 6) is 1.24. The quantitative estimate of drug-likeness (QED) is 0.746. The molecule has 21 heavy (non-hydrogen) atoms. The number of carbonyl (C=O) groups excluding carboxylic acids is 1. The van der Waals surface area contributed by atoms with Gasteiger partial charge in [-0.05, 0) is 24.0 Å². The number of hydrogen-bond acceptors (Lipinski definition) is 3. The molecular weight excluding hydrogens is 379 g/mol. The fourth-order valence-electron chi connectivity index (χ4n) is 2.33. The molecular formula is C17H22IO3+. The highest BCUT2D eigenvalue weighted by Crippen LogP contribution is 2.33. The van der Waals surface area contributed by atoms with Crippen molar-refractivity contribution in [3.63, 3.8) is 0 Å². The van der Waals surface area contributed by atoms with Crippen molar-refractivity contribution in [3.05, 3.63) is 37.2 Å². The zero-order valence-corrected chi connectivity index (χ0v) is 14.9. The number of halogens is 1. The zero-order chi connectivity index (χ0) is 15.5. The highest BCUT2D eigenvalue weighted by atomic mass is 127. The molecule has 0 aliphatic heterocycles. The average molecular weight is 401 g/mol. The lowest BCUT2D eigenvalue weighted by Crippen LogP contribution is -3.61. The van der Waals surface area contributed by atoms with Crippen molar-refractivity contribution in [3.8, 4) is 5.75 Å². The third-order valence-corrected chi connectivity index (χ3v) is 6.51. The van der Waals surface area contributed by atoms with Gasteiger partial charge in [-0.1, -0.05) is 32.9 Å². The van der Waals surface area contributed by atoms with Crippen molar-refractivity contribution in [2.45, 2.75) is 40.0 Å². The van der Waals surface area contributed by atoms with Gasteiger partial charge in [0.25, 0.3) is 3.58 Å². The maximum absolute atomic E-state index is 12.3. The highest BCUT2D eigenvalue weighted by molar-refractivity contribution is 5.94. The van der Waals surface area contributed by atoms with Crippen molar-refractivity contribution in [2.75, 3.05) is 6.61 Å². The van der Waals surface area contributed by atoms with Crippen LogP contribution in [0.1, 0.15) is 40.0 Å². The topological polar surface area (TPSA) is 46.5 Å². The largest absolute Gasteiger partial charge is 0.507 e. The number of rotatable bonds is 5. The molecule has 0 aromatic heterocycles. The first-order valence-corrected chi connectivity index (χ1v) is 9.40. The van der Waals surface area contributed by atoms with Crippen LogP contribution in [0.5, 0.6) is 5.75 Å². The minimum atomic E-state index is -0.701. The molecule has 1 aliphatic carbocycles. The number of hydrogen-bond donors (Lipinski definition) is 1. The molecule has 0 fully saturated rings. The van der Waals surface area contributed by atoms with Gasteiger partial charge < -0.3 is 9.84 Å². The van der Waals surface area contributed by atoms with E-state index in [1.54, 1.807) is 0 Å². The maximum atomic E-state index is 12.3. The van der Waals surface area contributed by atoms with Crippen LogP contribution in [0.4, 0.5) is 0 Å². The van der Waals surface area contributed by atoms with Crippen molar-refractivity contribution >= 4 is 5.78 Å². The summed E-state index contributed by atoms with van der Waals surface area (Å²) >= 11 is -0.701. The number of aliphatic hydroxyl groups is 1. The molecule has 0 atom stereocenters. The number of ether oxygens (including phenoxy) is 1. The first-order chi connectivity index (χ1) is 9.93. The molecule has 3 nitrogen and oxygen atoms in total. The Morgan fingerprint density at radius 2 is 2.00 bits per heavy atom. The summed E-state index contributed by atoms with van der Waals surface area (Å²) in [6.45, 7) is 6.79. The number of aliphatic hydroxyl groups excluding tert-OH is 1. The molecule has 1 aromatic carbocycles. The van der Waals surface area contributed by atoms with E-state index >= 15 is 0 Å². The monoisotopic (exact) mass is 401 g/mol. The average Bonchev–Trinajstić information content (AvgIpc) is 2.40. The van der Waals surface area contributed by atoms with Crippen LogP contribution in [0.25, 0.3) is 0 Å². The Labute approximate surface area is 136 Å². The van der Waals surface area contributed by atoms with E-state index in [9.17, 15) is 9.90 Å². The smallest absolute Gasteiger partial charge is 0.369 e. The molecule has 0 saturated heterocycles. The number of carbonyl (C=O) groups is 1. The molecule has 0 spiro atoms. The SMILES string of the molecule is CCCOc1ccccc1[I+]C1=C(O)CC(C)(C)CC1=O. The predicted octanol–water partition coefficient (Wildman–Crippen LogP) is 0.893. The summed E-state index contributed by atoms with van der Waals surface area (Å²) < 4.78 is 7.47. The van der Waals surface area contributed by atoms with E-state index in [-0.39, 0.29) is 17.0 Å². The highest BCUT2D eigenvalue weighted by Gasteiger charge is 2.41. The van der Waals surface area contributed by atoms with Crippen LogP contribution in [-0.2, 0) is 4.79 Å². The lowest BCUT2D eigenvalue weighted by molar-refractivity contribution is -0.573. The Kier molecular flexibility index (Phi) is 5.30. The molecule has 0 amide bonds.